The van der Waals surface area contributed by atoms with E-state index in [1.54, 1.807) is 12.4 Å². The molecule has 1 fully saturated rings. The number of hydrogen-bond donors (Lipinski definition) is 2. The topological polar surface area (TPSA) is 121 Å². The first-order valence-electron chi connectivity index (χ1n) is 6.39. The summed E-state index contributed by atoms with van der Waals surface area (Å²) < 4.78 is 11.8. The molecule has 0 aliphatic carbocycles. The largest absolute Gasteiger partial charge is 0.394 e. The van der Waals surface area contributed by atoms with E-state index in [2.05, 4.69) is 30.9 Å². The molecule has 0 bridgehead atoms. The third kappa shape index (κ3) is 3.90. The van der Waals surface area contributed by atoms with Crippen LogP contribution in [0.15, 0.2) is 32.9 Å². The number of rotatable bonds is 5. The number of aliphatic hydroxyl groups is 2. The molecule has 5 atom stereocenters. The van der Waals surface area contributed by atoms with Crippen LogP contribution in [0.4, 0.5) is 0 Å². The molecule has 0 aromatic carbocycles. The van der Waals surface area contributed by atoms with E-state index in [1.165, 1.54) is 18.9 Å². The van der Waals surface area contributed by atoms with Crippen LogP contribution >= 0.6 is 27.7 Å². The molecule has 8 nitrogen and oxygen atoms in total. The molecule has 2 rings (SSSR count). The fourth-order valence-electron chi connectivity index (χ4n) is 2.19. The Morgan fingerprint density at radius 1 is 1.59 bits per heavy atom. The number of hydrogen-bond acceptors (Lipinski definition) is 7. The maximum atomic E-state index is 10.1. The van der Waals surface area contributed by atoms with E-state index in [4.69, 9.17) is 15.0 Å². The second-order valence-corrected chi connectivity index (χ2v) is 6.66. The Labute approximate surface area is 139 Å². The number of thioether (sulfide) groups is 1. The van der Waals surface area contributed by atoms with Crippen LogP contribution in [0.1, 0.15) is 0 Å². The van der Waals surface area contributed by atoms with Crippen LogP contribution in [-0.4, -0.2) is 58.7 Å². The minimum atomic E-state index is -1.14. The predicted molar refractivity (Wildman–Crippen MR) is 83.3 cm³/mol. The maximum Gasteiger partial charge on any atom is 0.134 e. The Morgan fingerprint density at radius 2 is 2.36 bits per heavy atom. The van der Waals surface area contributed by atoms with Crippen LogP contribution in [-0.2, 0) is 9.47 Å². The SMILES string of the molecule is COC1[C@@H](Sc2cncc(Br)c2)OC(CO)[C@H](O)[C@@H]1N=[N+]=[N-]. The summed E-state index contributed by atoms with van der Waals surface area (Å²) in [4.78, 5) is 7.63. The highest BCUT2D eigenvalue weighted by atomic mass is 79.9. The smallest absolute Gasteiger partial charge is 0.134 e. The summed E-state index contributed by atoms with van der Waals surface area (Å²) in [7, 11) is 1.45. The fraction of sp³-hybridized carbons (Fsp3) is 0.583. The molecule has 2 heterocycles. The van der Waals surface area contributed by atoms with Gasteiger partial charge in [0.15, 0.2) is 0 Å². The minimum absolute atomic E-state index is 0.386. The lowest BCUT2D eigenvalue weighted by Crippen LogP contribution is -2.57. The van der Waals surface area contributed by atoms with Crippen molar-refractivity contribution in [3.8, 4) is 0 Å². The van der Waals surface area contributed by atoms with E-state index in [9.17, 15) is 10.2 Å². The van der Waals surface area contributed by atoms with E-state index in [0.717, 1.165) is 9.37 Å². The first kappa shape index (κ1) is 17.5. The summed E-state index contributed by atoms with van der Waals surface area (Å²) in [6, 6.07) is 1.01. The summed E-state index contributed by atoms with van der Waals surface area (Å²) >= 11 is 4.65. The zero-order valence-electron chi connectivity index (χ0n) is 11.6. The molecule has 1 saturated heterocycles. The Kier molecular flexibility index (Phi) is 6.45. The lowest BCUT2D eigenvalue weighted by Gasteiger charge is -2.41. The van der Waals surface area contributed by atoms with Crippen molar-refractivity contribution in [2.75, 3.05) is 13.7 Å². The average Bonchev–Trinajstić information content (AvgIpc) is 2.50. The molecule has 0 radical (unpaired) electrons. The average molecular weight is 391 g/mol. The number of pyridine rings is 1. The van der Waals surface area contributed by atoms with Gasteiger partial charge in [0.05, 0.1) is 18.8 Å². The third-order valence-electron chi connectivity index (χ3n) is 3.21. The van der Waals surface area contributed by atoms with Gasteiger partial charge in [0, 0.05) is 33.8 Å². The summed E-state index contributed by atoms with van der Waals surface area (Å²) in [6.45, 7) is -0.386. The molecular formula is C12H15BrN4O4S. The summed E-state index contributed by atoms with van der Waals surface area (Å²) in [6.07, 6.45) is 0.677. The lowest BCUT2D eigenvalue weighted by molar-refractivity contribution is -0.167. The second-order valence-electron chi connectivity index (χ2n) is 4.57. The molecule has 10 heteroatoms. The van der Waals surface area contributed by atoms with Crippen LogP contribution in [0.2, 0.25) is 0 Å². The van der Waals surface area contributed by atoms with Gasteiger partial charge in [-0.05, 0) is 27.5 Å². The number of nitrogens with zero attached hydrogens (tertiary/aromatic N) is 4. The van der Waals surface area contributed by atoms with Crippen LogP contribution in [0.25, 0.3) is 10.4 Å². The van der Waals surface area contributed by atoms with E-state index in [1.807, 2.05) is 6.07 Å². The van der Waals surface area contributed by atoms with Crippen molar-refractivity contribution < 1.29 is 19.7 Å². The van der Waals surface area contributed by atoms with Crippen molar-refractivity contribution in [3.63, 3.8) is 0 Å². The Bertz CT molecular complexity index is 560. The first-order chi connectivity index (χ1) is 10.6. The zero-order chi connectivity index (χ0) is 16.1. The summed E-state index contributed by atoms with van der Waals surface area (Å²) in [5.41, 5.74) is 8.13. The van der Waals surface area contributed by atoms with E-state index in [0.29, 0.717) is 0 Å². The molecule has 2 unspecified atom stereocenters. The molecule has 120 valence electrons. The monoisotopic (exact) mass is 390 g/mol. The van der Waals surface area contributed by atoms with Crippen molar-refractivity contribution in [1.29, 1.82) is 0 Å². The standard InChI is InChI=1S/C12H15BrN4O4S/c1-20-11-9(16-17-14)10(19)8(5-18)21-12(11)22-7-2-6(13)3-15-4-7/h2-4,8-12,18-19H,5H2,1H3/t8?,9-,10-,11?,12+/m0/s1. The fourth-order valence-corrected chi connectivity index (χ4v) is 3.89. The van der Waals surface area contributed by atoms with Gasteiger partial charge in [0.25, 0.3) is 0 Å². The van der Waals surface area contributed by atoms with Gasteiger partial charge in [0.2, 0.25) is 0 Å². The van der Waals surface area contributed by atoms with Gasteiger partial charge >= 0.3 is 0 Å². The molecular weight excluding hydrogens is 376 g/mol. The molecule has 1 aromatic rings. The lowest BCUT2D eigenvalue weighted by atomic mass is 9.98. The second kappa shape index (κ2) is 8.11. The highest BCUT2D eigenvalue weighted by molar-refractivity contribution is 9.10. The predicted octanol–water partition coefficient (Wildman–Crippen LogP) is 1.71. The Morgan fingerprint density at radius 3 is 2.95 bits per heavy atom. The van der Waals surface area contributed by atoms with Gasteiger partial charge < -0.3 is 19.7 Å². The van der Waals surface area contributed by atoms with E-state index in [-0.39, 0.29) is 6.61 Å². The molecule has 0 saturated carbocycles. The van der Waals surface area contributed by atoms with E-state index >= 15 is 0 Å². The molecule has 0 amide bonds. The van der Waals surface area contributed by atoms with Crippen molar-refractivity contribution in [3.05, 3.63) is 33.4 Å². The number of aromatic nitrogens is 1. The minimum Gasteiger partial charge on any atom is -0.394 e. The molecule has 0 spiro atoms. The van der Waals surface area contributed by atoms with Crippen molar-refractivity contribution >= 4 is 27.7 Å². The van der Waals surface area contributed by atoms with Gasteiger partial charge in [-0.2, -0.15) is 0 Å². The number of ether oxygens (including phenoxy) is 2. The number of aliphatic hydroxyl groups excluding tert-OH is 2. The quantitative estimate of drug-likeness (QED) is 0.448. The van der Waals surface area contributed by atoms with Crippen LogP contribution in [0, 0.1) is 0 Å². The highest BCUT2D eigenvalue weighted by Crippen LogP contribution is 2.36. The van der Waals surface area contributed by atoms with Gasteiger partial charge in [-0.1, -0.05) is 16.9 Å². The van der Waals surface area contributed by atoms with Crippen molar-refractivity contribution in [1.82, 2.24) is 4.98 Å². The van der Waals surface area contributed by atoms with E-state index < -0.39 is 29.8 Å². The van der Waals surface area contributed by atoms with Crippen LogP contribution in [0.3, 0.4) is 0 Å². The Hall–Kier alpha value is -0.870. The van der Waals surface area contributed by atoms with Gasteiger partial charge in [-0.15, -0.1) is 0 Å². The number of azide groups is 1. The molecule has 1 aromatic heterocycles. The maximum absolute atomic E-state index is 10.1. The highest BCUT2D eigenvalue weighted by Gasteiger charge is 2.45. The van der Waals surface area contributed by atoms with Gasteiger partial charge in [-0.25, -0.2) is 0 Å². The van der Waals surface area contributed by atoms with Crippen molar-refractivity contribution in [2.24, 2.45) is 5.11 Å². The zero-order valence-corrected chi connectivity index (χ0v) is 14.0. The molecule has 2 N–H and O–H groups in total. The normalized spacial score (nSPS) is 31.5. The van der Waals surface area contributed by atoms with Crippen LogP contribution in [0.5, 0.6) is 0 Å². The van der Waals surface area contributed by atoms with Gasteiger partial charge in [-0.3, -0.25) is 4.98 Å². The molecule has 1 aliphatic rings. The molecule has 1 aliphatic heterocycles. The summed E-state index contributed by atoms with van der Waals surface area (Å²) in [5.74, 6) is 0. The number of methoxy groups -OCH3 is 1. The van der Waals surface area contributed by atoms with Crippen molar-refractivity contribution in [2.45, 2.75) is 34.7 Å². The number of halogens is 1. The summed E-state index contributed by atoms with van der Waals surface area (Å²) in [5, 5.41) is 23.1. The Balaban J connectivity index is 2.25. The van der Waals surface area contributed by atoms with Gasteiger partial charge in [0.1, 0.15) is 17.6 Å². The van der Waals surface area contributed by atoms with Crippen LogP contribution < -0.4 is 0 Å². The first-order valence-corrected chi connectivity index (χ1v) is 8.06. The molecule has 22 heavy (non-hydrogen) atoms. The third-order valence-corrected chi connectivity index (χ3v) is 4.75.